The van der Waals surface area contributed by atoms with Gasteiger partial charge < -0.3 is 40.6 Å². The van der Waals surface area contributed by atoms with Crippen molar-refractivity contribution in [3.8, 4) is 0 Å². The molecule has 0 radical (unpaired) electrons. The van der Waals surface area contributed by atoms with Gasteiger partial charge in [-0.05, 0) is 57.1 Å². The molecule has 7 atom stereocenters. The van der Waals surface area contributed by atoms with Crippen molar-refractivity contribution < 1.29 is 48.1 Å². The van der Waals surface area contributed by atoms with Crippen molar-refractivity contribution in [1.82, 2.24) is 21.3 Å². The van der Waals surface area contributed by atoms with E-state index >= 15 is 0 Å². The topological polar surface area (TPSA) is 198 Å². The molecule has 5 rings (SSSR count). The maximum absolute atomic E-state index is 13.1. The first-order chi connectivity index (χ1) is 24.9. The molecule has 4 amide bonds. The second-order valence-electron chi connectivity index (χ2n) is 13.6. The molecule has 2 heterocycles. The van der Waals surface area contributed by atoms with Crippen molar-refractivity contribution >= 4 is 35.8 Å². The SMILES string of the molecule is C[C@H](NC(=O)OCc1ccccc1)C(=O)N[C@@H](CCC(=O)NCC[C@H]1C(=O)NC2([C@@H](O)C3C=CCCC3)C(=O)O[C@]12C)C(=O)OCc1ccccc1. The first-order valence-electron chi connectivity index (χ1n) is 17.6. The Morgan fingerprint density at radius 2 is 1.63 bits per heavy atom. The standard InChI is InChI=1S/C38H46N4O10/c1-24(40-36(49)51-23-26-14-8-4-9-15-26)32(45)41-29(34(47)50-22-25-12-6-3-7-13-25)18-19-30(43)39-21-20-28-33(46)42-38(35(48)52-37(28,38)2)31(44)27-16-10-5-11-17-27/h3-4,6-10,12-16,24,27-29,31,44H,5,11,17-23H2,1-2H3,(H,39,43)(H,40,49)(H,41,45)(H,42,46)/t24-,27?,28-,29-,31-,37+,38?/m0/s1. The third-order valence-electron chi connectivity index (χ3n) is 10.0. The van der Waals surface area contributed by atoms with Crippen LogP contribution < -0.4 is 21.3 Å². The average Bonchev–Trinajstić information content (AvgIpc) is 3.33. The van der Waals surface area contributed by atoms with Crippen LogP contribution in [0.1, 0.15) is 63.5 Å². The van der Waals surface area contributed by atoms with Crippen LogP contribution in [0.5, 0.6) is 0 Å². The van der Waals surface area contributed by atoms with Crippen LogP contribution in [0.2, 0.25) is 0 Å². The Kier molecular flexibility index (Phi) is 12.3. The Bertz CT molecular complexity index is 1650. The van der Waals surface area contributed by atoms with E-state index < -0.39 is 71.0 Å². The summed E-state index contributed by atoms with van der Waals surface area (Å²) in [6.45, 7) is 3.04. The number of aliphatic hydroxyl groups excluding tert-OH is 1. The summed E-state index contributed by atoms with van der Waals surface area (Å²) < 4.78 is 16.2. The molecule has 0 aromatic heterocycles. The van der Waals surface area contributed by atoms with Crippen molar-refractivity contribution in [3.05, 3.63) is 83.9 Å². The number of rotatable bonds is 16. The minimum Gasteiger partial charge on any atom is -0.459 e. The third kappa shape index (κ3) is 8.44. The fourth-order valence-electron chi connectivity index (χ4n) is 6.98. The molecule has 52 heavy (non-hydrogen) atoms. The number of fused-ring (bicyclic) bond motifs is 1. The molecule has 14 heteroatoms. The minimum atomic E-state index is -1.57. The van der Waals surface area contributed by atoms with Crippen LogP contribution in [-0.4, -0.2) is 76.7 Å². The van der Waals surface area contributed by atoms with E-state index in [9.17, 15) is 33.9 Å². The highest BCUT2D eigenvalue weighted by molar-refractivity contribution is 6.02. The number of esters is 2. The fraction of sp³-hybridized carbons (Fsp3) is 0.474. The molecule has 1 aliphatic carbocycles. The number of alkyl carbamates (subject to hydrolysis) is 1. The lowest BCUT2D eigenvalue weighted by atomic mass is 9.64. The molecule has 2 unspecified atom stereocenters. The molecule has 2 aliphatic heterocycles. The summed E-state index contributed by atoms with van der Waals surface area (Å²) in [6.07, 6.45) is 4.08. The zero-order valence-corrected chi connectivity index (χ0v) is 29.3. The van der Waals surface area contributed by atoms with Gasteiger partial charge in [-0.25, -0.2) is 14.4 Å². The highest BCUT2D eigenvalue weighted by Crippen LogP contribution is 2.53. The van der Waals surface area contributed by atoms with Gasteiger partial charge in [0, 0.05) is 18.9 Å². The summed E-state index contributed by atoms with van der Waals surface area (Å²) >= 11 is 0. The maximum atomic E-state index is 13.1. The zero-order valence-electron chi connectivity index (χ0n) is 29.3. The summed E-state index contributed by atoms with van der Waals surface area (Å²) in [7, 11) is 0. The Morgan fingerprint density at radius 1 is 0.981 bits per heavy atom. The lowest BCUT2D eigenvalue weighted by molar-refractivity contribution is -0.238. The monoisotopic (exact) mass is 718 g/mol. The molecule has 0 bridgehead atoms. The summed E-state index contributed by atoms with van der Waals surface area (Å²) in [6, 6.07) is 15.6. The van der Waals surface area contributed by atoms with E-state index in [4.69, 9.17) is 14.2 Å². The highest BCUT2D eigenvalue weighted by atomic mass is 16.6. The van der Waals surface area contributed by atoms with Gasteiger partial charge in [-0.2, -0.15) is 0 Å². The summed E-state index contributed by atoms with van der Waals surface area (Å²) in [5.74, 6) is -4.17. The van der Waals surface area contributed by atoms with Crippen LogP contribution >= 0.6 is 0 Å². The van der Waals surface area contributed by atoms with Gasteiger partial charge in [0.2, 0.25) is 23.3 Å². The van der Waals surface area contributed by atoms with E-state index in [1.165, 1.54) is 6.92 Å². The third-order valence-corrected chi connectivity index (χ3v) is 10.0. The maximum Gasteiger partial charge on any atom is 0.408 e. The Balaban J connectivity index is 1.13. The van der Waals surface area contributed by atoms with Crippen molar-refractivity contribution in [1.29, 1.82) is 0 Å². The van der Waals surface area contributed by atoms with Gasteiger partial charge in [0.05, 0.1) is 12.0 Å². The smallest absolute Gasteiger partial charge is 0.408 e. The number of carbonyl (C=O) groups is 6. The van der Waals surface area contributed by atoms with E-state index in [-0.39, 0.29) is 44.9 Å². The Labute approximate surface area is 302 Å². The quantitative estimate of drug-likeness (QED) is 0.0976. The lowest BCUT2D eigenvalue weighted by Crippen LogP contribution is -2.80. The normalized spacial score (nSPS) is 24.8. The number of nitrogens with one attached hydrogen (secondary N) is 4. The van der Waals surface area contributed by atoms with Crippen molar-refractivity contribution in [3.63, 3.8) is 0 Å². The van der Waals surface area contributed by atoms with Gasteiger partial charge in [-0.15, -0.1) is 0 Å². The first-order valence-corrected chi connectivity index (χ1v) is 17.6. The highest BCUT2D eigenvalue weighted by Gasteiger charge is 2.79. The van der Waals surface area contributed by atoms with Crippen molar-refractivity contribution in [2.75, 3.05) is 6.54 Å². The number of benzene rings is 2. The molecule has 14 nitrogen and oxygen atoms in total. The Hall–Kier alpha value is -5.24. The zero-order chi connectivity index (χ0) is 37.3. The van der Waals surface area contributed by atoms with Crippen LogP contribution in [0.15, 0.2) is 72.8 Å². The number of allylic oxidation sites excluding steroid dienone is 1. The predicted octanol–water partition coefficient (Wildman–Crippen LogP) is 2.33. The number of carbonyl (C=O) groups excluding carboxylic acids is 6. The van der Waals surface area contributed by atoms with E-state index in [2.05, 4.69) is 21.3 Å². The largest absolute Gasteiger partial charge is 0.459 e. The summed E-state index contributed by atoms with van der Waals surface area (Å²) in [4.78, 5) is 77.4. The van der Waals surface area contributed by atoms with Gasteiger partial charge in [0.25, 0.3) is 0 Å². The molecule has 2 saturated heterocycles. The molecular weight excluding hydrogens is 672 g/mol. The lowest BCUT2D eigenvalue weighted by Gasteiger charge is -2.54. The molecular formula is C38H46N4O10. The average molecular weight is 719 g/mol. The first kappa shape index (κ1) is 38.0. The van der Waals surface area contributed by atoms with Crippen molar-refractivity contribution in [2.45, 2.75) is 94.9 Å². The minimum absolute atomic E-state index is 0.00125. The summed E-state index contributed by atoms with van der Waals surface area (Å²) in [5.41, 5.74) is -1.38. The van der Waals surface area contributed by atoms with Gasteiger partial charge in [0.15, 0.2) is 5.60 Å². The molecule has 2 aromatic rings. The van der Waals surface area contributed by atoms with Crippen LogP contribution in [0.25, 0.3) is 0 Å². The molecule has 2 aromatic carbocycles. The molecule has 5 N–H and O–H groups in total. The van der Waals surface area contributed by atoms with Gasteiger partial charge in [-0.1, -0.05) is 72.8 Å². The number of aliphatic hydroxyl groups is 1. The van der Waals surface area contributed by atoms with Crippen LogP contribution in [0, 0.1) is 11.8 Å². The number of ether oxygens (including phenoxy) is 3. The molecule has 2 fully saturated rings. The Morgan fingerprint density at radius 3 is 2.25 bits per heavy atom. The van der Waals surface area contributed by atoms with E-state index in [1.54, 1.807) is 55.5 Å². The van der Waals surface area contributed by atoms with Gasteiger partial charge >= 0.3 is 18.0 Å². The number of hydrogen-bond donors (Lipinski definition) is 5. The van der Waals surface area contributed by atoms with Crippen LogP contribution in [0.4, 0.5) is 4.79 Å². The van der Waals surface area contributed by atoms with Gasteiger partial charge in [-0.3, -0.25) is 14.4 Å². The second kappa shape index (κ2) is 16.9. The predicted molar refractivity (Wildman–Crippen MR) is 186 cm³/mol. The fourth-order valence-corrected chi connectivity index (χ4v) is 6.98. The van der Waals surface area contributed by atoms with E-state index in [1.807, 2.05) is 24.3 Å². The summed E-state index contributed by atoms with van der Waals surface area (Å²) in [5, 5.41) is 21.8. The van der Waals surface area contributed by atoms with E-state index in [0.29, 0.717) is 6.42 Å². The van der Waals surface area contributed by atoms with Crippen molar-refractivity contribution in [2.24, 2.45) is 11.8 Å². The van der Waals surface area contributed by atoms with Crippen LogP contribution in [0.3, 0.4) is 0 Å². The van der Waals surface area contributed by atoms with Gasteiger partial charge in [0.1, 0.15) is 25.3 Å². The second-order valence-corrected chi connectivity index (χ2v) is 13.6. The van der Waals surface area contributed by atoms with Crippen LogP contribution in [-0.2, 0) is 51.4 Å². The molecule has 3 aliphatic rings. The number of hydrogen-bond acceptors (Lipinski definition) is 10. The molecule has 0 spiro atoms. The molecule has 278 valence electrons. The molecule has 0 saturated carbocycles. The number of amides is 4. The van der Waals surface area contributed by atoms with E-state index in [0.717, 1.165) is 24.0 Å².